The fourth-order valence-corrected chi connectivity index (χ4v) is 7.18. The highest BCUT2D eigenvalue weighted by Gasteiger charge is 2.47. The van der Waals surface area contributed by atoms with Crippen LogP contribution in [-0.4, -0.2) is 65.5 Å². The molecule has 1 saturated heterocycles. The second kappa shape index (κ2) is 14.7. The summed E-state index contributed by atoms with van der Waals surface area (Å²) in [7, 11) is -3.68. The van der Waals surface area contributed by atoms with Crippen molar-refractivity contribution in [2.45, 2.75) is 49.7 Å². The smallest absolute Gasteiger partial charge is 0.252 e. The van der Waals surface area contributed by atoms with Crippen LogP contribution in [-0.2, 0) is 31.9 Å². The summed E-state index contributed by atoms with van der Waals surface area (Å²) in [6, 6.07) is 32.9. The minimum Gasteiger partial charge on any atom is -0.387 e. The predicted molar refractivity (Wildman–Crippen MR) is 183 cm³/mol. The molecule has 1 aromatic heterocycles. The largest absolute Gasteiger partial charge is 0.387 e. The van der Waals surface area contributed by atoms with Gasteiger partial charge in [-0.2, -0.15) is 0 Å². The number of nitrogens with one attached hydrogen (secondary N) is 3. The number of aliphatic hydroxyl groups is 2. The van der Waals surface area contributed by atoms with Gasteiger partial charge in [0.2, 0.25) is 10.0 Å². The second-order valence-corrected chi connectivity index (χ2v) is 13.6. The Morgan fingerprint density at radius 2 is 1.52 bits per heavy atom. The Kier molecular flexibility index (Phi) is 10.2. The van der Waals surface area contributed by atoms with E-state index in [1.165, 1.54) is 6.33 Å². The number of amides is 1. The Balaban J connectivity index is 1.34. The summed E-state index contributed by atoms with van der Waals surface area (Å²) in [5, 5.41) is 27.9. The summed E-state index contributed by atoms with van der Waals surface area (Å²) in [5.74, 6) is -0.707. The molecule has 11 nitrogen and oxygen atoms in total. The number of hydrogen-bond donors (Lipinski definition) is 5. The standard InChI is InChI=1S/C36H39N5O6S/c1-2-37-35(44)34-32(42)33(43)36(47-34)41-23-39-31-29(38-21-28(26-14-8-4-9-15-26)27-16-10-5-11-17-27)18-25(19-30(31)41)20-40-48(45,46)22-24-12-6-3-7-13-24/h3-19,23,28,32-34,36,38,40,42-43H,2,20-22H2,1H3,(H,37,44)/t32-,33+,34-,36+/m0/s1. The summed E-state index contributed by atoms with van der Waals surface area (Å²) in [4.78, 5) is 17.2. The number of carbonyl (C=O) groups excluding carboxylic acids is 1. The van der Waals surface area contributed by atoms with Gasteiger partial charge in [0, 0.05) is 25.6 Å². The highest BCUT2D eigenvalue weighted by atomic mass is 32.2. The molecule has 0 saturated carbocycles. The van der Waals surface area contributed by atoms with Gasteiger partial charge in [0.15, 0.2) is 12.3 Å². The van der Waals surface area contributed by atoms with Crippen molar-refractivity contribution in [1.29, 1.82) is 0 Å². The van der Waals surface area contributed by atoms with Gasteiger partial charge in [0.05, 0.1) is 23.3 Å². The predicted octanol–water partition coefficient (Wildman–Crippen LogP) is 3.66. The number of carbonyl (C=O) groups is 1. The molecule has 2 heterocycles. The first-order valence-electron chi connectivity index (χ1n) is 15.9. The van der Waals surface area contributed by atoms with Gasteiger partial charge in [0.1, 0.15) is 17.7 Å². The van der Waals surface area contributed by atoms with Crippen LogP contribution in [0.2, 0.25) is 0 Å². The minimum absolute atomic E-state index is 0.00876. The number of hydrogen-bond acceptors (Lipinski definition) is 8. The Labute approximate surface area is 279 Å². The van der Waals surface area contributed by atoms with E-state index in [-0.39, 0.29) is 18.2 Å². The molecule has 4 aromatic carbocycles. The second-order valence-electron chi connectivity index (χ2n) is 11.8. The van der Waals surface area contributed by atoms with Gasteiger partial charge in [0.25, 0.3) is 5.91 Å². The molecule has 1 aliphatic rings. The highest BCUT2D eigenvalue weighted by Crippen LogP contribution is 2.35. The number of nitrogens with zero attached hydrogens (tertiary/aromatic N) is 2. The van der Waals surface area contributed by atoms with Crippen molar-refractivity contribution in [3.63, 3.8) is 0 Å². The number of likely N-dealkylation sites (N-methyl/N-ethyl adjacent to an activating group) is 1. The molecule has 0 unspecified atom stereocenters. The van der Waals surface area contributed by atoms with Crippen molar-refractivity contribution in [3.05, 3.63) is 132 Å². The van der Waals surface area contributed by atoms with Crippen molar-refractivity contribution >= 4 is 32.7 Å². The van der Waals surface area contributed by atoms with E-state index >= 15 is 0 Å². The first-order chi connectivity index (χ1) is 23.2. The maximum atomic E-state index is 13.0. The number of fused-ring (bicyclic) bond motifs is 1. The number of benzene rings is 4. The molecule has 4 atom stereocenters. The third-order valence-electron chi connectivity index (χ3n) is 8.46. The lowest BCUT2D eigenvalue weighted by molar-refractivity contribution is -0.137. The molecule has 1 fully saturated rings. The van der Waals surface area contributed by atoms with E-state index in [0.29, 0.717) is 40.9 Å². The Morgan fingerprint density at radius 3 is 2.15 bits per heavy atom. The van der Waals surface area contributed by atoms with Crippen LogP contribution in [0.3, 0.4) is 0 Å². The molecule has 1 amide bonds. The lowest BCUT2D eigenvalue weighted by Gasteiger charge is -2.21. The molecule has 12 heteroatoms. The molecule has 250 valence electrons. The van der Waals surface area contributed by atoms with E-state index in [1.807, 2.05) is 48.5 Å². The summed E-state index contributed by atoms with van der Waals surface area (Å²) in [6.07, 6.45) is -3.77. The van der Waals surface area contributed by atoms with Gasteiger partial charge in [-0.3, -0.25) is 4.79 Å². The van der Waals surface area contributed by atoms with Crippen LogP contribution in [0.25, 0.3) is 11.0 Å². The van der Waals surface area contributed by atoms with Crippen LogP contribution < -0.4 is 15.4 Å². The summed E-state index contributed by atoms with van der Waals surface area (Å²) in [6.45, 7) is 2.58. The molecular weight excluding hydrogens is 630 g/mol. The van der Waals surface area contributed by atoms with Crippen molar-refractivity contribution in [3.8, 4) is 0 Å². The van der Waals surface area contributed by atoms with Crippen molar-refractivity contribution < 1.29 is 28.2 Å². The van der Waals surface area contributed by atoms with Crippen molar-refractivity contribution in [2.24, 2.45) is 0 Å². The lowest BCUT2D eigenvalue weighted by atomic mass is 9.91. The van der Waals surface area contributed by atoms with Crippen molar-refractivity contribution in [1.82, 2.24) is 19.6 Å². The molecular formula is C36H39N5O6S. The minimum atomic E-state index is -3.68. The zero-order valence-electron chi connectivity index (χ0n) is 26.4. The summed E-state index contributed by atoms with van der Waals surface area (Å²) >= 11 is 0. The summed E-state index contributed by atoms with van der Waals surface area (Å²) < 4.78 is 36.3. The van der Waals surface area contributed by atoms with Crippen LogP contribution in [0.5, 0.6) is 0 Å². The first-order valence-corrected chi connectivity index (χ1v) is 17.5. The fraction of sp³-hybridized carbons (Fsp3) is 0.278. The maximum absolute atomic E-state index is 13.0. The van der Waals surface area contributed by atoms with E-state index in [2.05, 4.69) is 44.6 Å². The average molecular weight is 670 g/mol. The zero-order valence-corrected chi connectivity index (χ0v) is 27.3. The van der Waals surface area contributed by atoms with Gasteiger partial charge in [-0.15, -0.1) is 0 Å². The molecule has 0 bridgehead atoms. The zero-order chi connectivity index (χ0) is 33.7. The lowest BCUT2D eigenvalue weighted by Crippen LogP contribution is -2.42. The van der Waals surface area contributed by atoms with Gasteiger partial charge in [-0.1, -0.05) is 91.0 Å². The number of imidazole rings is 1. The SMILES string of the molecule is CCNC(=O)[C@H]1O[C@@H](n2cnc3c(NCC(c4ccccc4)c4ccccc4)cc(CNS(=O)(=O)Cc4ccccc4)cc32)[C@H](O)[C@@H]1O. The van der Waals surface area contributed by atoms with Crippen LogP contribution in [0.15, 0.2) is 109 Å². The third-order valence-corrected chi connectivity index (χ3v) is 9.75. The number of sulfonamides is 1. The Bertz CT molecular complexity index is 1900. The molecule has 5 aromatic rings. The molecule has 0 spiro atoms. The van der Waals surface area contributed by atoms with Gasteiger partial charge in [-0.25, -0.2) is 18.1 Å². The molecule has 5 N–H and O–H groups in total. The van der Waals surface area contributed by atoms with E-state index in [4.69, 9.17) is 4.74 Å². The Hall–Kier alpha value is -4.59. The molecule has 48 heavy (non-hydrogen) atoms. The Morgan fingerprint density at radius 1 is 0.896 bits per heavy atom. The quantitative estimate of drug-likeness (QED) is 0.127. The number of aromatic nitrogens is 2. The normalized spacial score (nSPS) is 19.5. The fourth-order valence-electron chi connectivity index (χ4n) is 6.06. The van der Waals surface area contributed by atoms with E-state index in [1.54, 1.807) is 41.8 Å². The molecule has 0 radical (unpaired) electrons. The number of anilines is 1. The number of aliphatic hydroxyl groups excluding tert-OH is 2. The molecule has 6 rings (SSSR count). The van der Waals surface area contributed by atoms with Gasteiger partial charge in [-0.05, 0) is 41.3 Å². The van der Waals surface area contributed by atoms with Crippen molar-refractivity contribution in [2.75, 3.05) is 18.4 Å². The van der Waals surface area contributed by atoms with Crippen LogP contribution in [0, 0.1) is 0 Å². The first kappa shape index (κ1) is 33.3. The highest BCUT2D eigenvalue weighted by molar-refractivity contribution is 7.88. The molecule has 1 aliphatic heterocycles. The van der Waals surface area contributed by atoms with Gasteiger partial charge >= 0.3 is 0 Å². The average Bonchev–Trinajstić information content (AvgIpc) is 3.65. The maximum Gasteiger partial charge on any atom is 0.252 e. The number of rotatable bonds is 13. The van der Waals surface area contributed by atoms with Crippen LogP contribution in [0.4, 0.5) is 5.69 Å². The van der Waals surface area contributed by atoms with E-state index < -0.39 is 40.5 Å². The summed E-state index contributed by atoms with van der Waals surface area (Å²) in [5.41, 5.74) is 5.27. The van der Waals surface area contributed by atoms with Crippen LogP contribution >= 0.6 is 0 Å². The van der Waals surface area contributed by atoms with Gasteiger partial charge < -0.3 is 30.2 Å². The molecule has 0 aliphatic carbocycles. The van der Waals surface area contributed by atoms with E-state index in [0.717, 1.165) is 11.1 Å². The topological polar surface area (TPSA) is 155 Å². The third kappa shape index (κ3) is 7.43. The number of ether oxygens (including phenoxy) is 1. The monoisotopic (exact) mass is 669 g/mol. The van der Waals surface area contributed by atoms with E-state index in [9.17, 15) is 23.4 Å². The van der Waals surface area contributed by atoms with Crippen LogP contribution in [0.1, 0.15) is 41.3 Å².